The molecule has 1 aliphatic heterocycles. The normalized spacial score (nSPS) is 28.6. The Morgan fingerprint density at radius 3 is 2.62 bits per heavy atom. The Labute approximate surface area is 97.3 Å². The Morgan fingerprint density at radius 2 is 2.12 bits per heavy atom. The number of hydrogen-bond donors (Lipinski definition) is 2. The lowest BCUT2D eigenvalue weighted by Gasteiger charge is -2.35. The van der Waals surface area contributed by atoms with E-state index in [4.69, 9.17) is 10.5 Å². The van der Waals surface area contributed by atoms with Crippen LogP contribution in [0.15, 0.2) is 0 Å². The molecule has 1 aliphatic rings. The average molecular weight is 251 g/mol. The molecular formula is C9H21N3O3S. The molecule has 3 N–H and O–H groups in total. The van der Waals surface area contributed by atoms with E-state index in [1.54, 1.807) is 13.8 Å². The topological polar surface area (TPSA) is 84.7 Å². The van der Waals surface area contributed by atoms with Crippen LogP contribution >= 0.6 is 0 Å². The van der Waals surface area contributed by atoms with Crippen LogP contribution in [0.4, 0.5) is 0 Å². The van der Waals surface area contributed by atoms with Crippen LogP contribution in [0.2, 0.25) is 0 Å². The van der Waals surface area contributed by atoms with Crippen LogP contribution < -0.4 is 10.5 Å². The molecule has 1 rings (SSSR count). The van der Waals surface area contributed by atoms with Gasteiger partial charge in [0.15, 0.2) is 0 Å². The lowest BCUT2D eigenvalue weighted by atomic mass is 10.2. The molecule has 96 valence electrons. The van der Waals surface area contributed by atoms with Crippen LogP contribution in [0.25, 0.3) is 0 Å². The maximum absolute atomic E-state index is 11.9. The molecule has 6 nitrogen and oxygen atoms in total. The third kappa shape index (κ3) is 3.67. The molecule has 0 aromatic carbocycles. The summed E-state index contributed by atoms with van der Waals surface area (Å²) in [6.45, 7) is 6.46. The lowest BCUT2D eigenvalue weighted by molar-refractivity contribution is -0.0489. The highest BCUT2D eigenvalue weighted by molar-refractivity contribution is 7.87. The second-order valence-electron chi connectivity index (χ2n) is 4.40. The van der Waals surface area contributed by atoms with Gasteiger partial charge in [-0.25, -0.2) is 0 Å². The maximum Gasteiger partial charge on any atom is 0.279 e. The van der Waals surface area contributed by atoms with Gasteiger partial charge >= 0.3 is 0 Å². The van der Waals surface area contributed by atoms with Crippen molar-refractivity contribution in [3.63, 3.8) is 0 Å². The largest absolute Gasteiger partial charge is 0.371 e. The molecule has 2 unspecified atom stereocenters. The van der Waals surface area contributed by atoms with Gasteiger partial charge in [0.05, 0.1) is 12.2 Å². The fraction of sp³-hybridized carbons (Fsp3) is 1.00. The fourth-order valence-electron chi connectivity index (χ4n) is 1.70. The summed E-state index contributed by atoms with van der Waals surface area (Å²) in [4.78, 5) is 0. The first kappa shape index (κ1) is 13.9. The van der Waals surface area contributed by atoms with E-state index in [1.807, 2.05) is 6.92 Å². The Bertz CT molecular complexity index is 318. The van der Waals surface area contributed by atoms with Crippen molar-refractivity contribution in [3.05, 3.63) is 0 Å². The predicted octanol–water partition coefficient (Wildman–Crippen LogP) is -0.723. The van der Waals surface area contributed by atoms with E-state index in [0.29, 0.717) is 19.6 Å². The van der Waals surface area contributed by atoms with Crippen LogP contribution in [0.5, 0.6) is 0 Å². The van der Waals surface area contributed by atoms with Gasteiger partial charge in [-0.3, -0.25) is 0 Å². The van der Waals surface area contributed by atoms with E-state index in [1.165, 1.54) is 4.31 Å². The Morgan fingerprint density at radius 1 is 1.50 bits per heavy atom. The van der Waals surface area contributed by atoms with Crippen molar-refractivity contribution in [3.8, 4) is 0 Å². The van der Waals surface area contributed by atoms with Crippen molar-refractivity contribution < 1.29 is 13.2 Å². The molecule has 0 aromatic heterocycles. The van der Waals surface area contributed by atoms with Crippen LogP contribution in [0, 0.1) is 0 Å². The van der Waals surface area contributed by atoms with Gasteiger partial charge in [-0.2, -0.15) is 17.4 Å². The summed E-state index contributed by atoms with van der Waals surface area (Å²) in [6.07, 6.45) is -0.335. The number of nitrogens with two attached hydrogens (primary N) is 1. The van der Waals surface area contributed by atoms with Gasteiger partial charge in [0, 0.05) is 25.7 Å². The fourth-order valence-corrected chi connectivity index (χ4v) is 3.22. The highest BCUT2D eigenvalue weighted by Crippen LogP contribution is 2.13. The molecule has 0 aromatic rings. The summed E-state index contributed by atoms with van der Waals surface area (Å²) in [5.41, 5.74) is 5.51. The standard InChI is InChI=1S/C9H21N3O3S/c1-7(2)11-16(13,14)12-5-8(3)15-9(4-10)6-12/h7-9,11H,4-6,10H2,1-3H3. The van der Waals surface area contributed by atoms with Crippen LogP contribution in [-0.2, 0) is 14.9 Å². The Hall–Kier alpha value is -0.210. The van der Waals surface area contributed by atoms with E-state index in [-0.39, 0.29) is 18.2 Å². The molecule has 0 amide bonds. The number of nitrogens with zero attached hydrogens (tertiary/aromatic N) is 1. The van der Waals surface area contributed by atoms with Gasteiger partial charge in [-0.05, 0) is 20.8 Å². The van der Waals surface area contributed by atoms with Gasteiger partial charge in [0.2, 0.25) is 0 Å². The van der Waals surface area contributed by atoms with Gasteiger partial charge in [0.25, 0.3) is 10.2 Å². The van der Waals surface area contributed by atoms with Gasteiger partial charge in [0.1, 0.15) is 0 Å². The number of hydrogen-bond acceptors (Lipinski definition) is 4. The third-order valence-corrected chi connectivity index (χ3v) is 4.03. The van der Waals surface area contributed by atoms with E-state index in [2.05, 4.69) is 4.72 Å². The minimum Gasteiger partial charge on any atom is -0.371 e. The molecule has 0 aliphatic carbocycles. The molecule has 7 heteroatoms. The zero-order valence-electron chi connectivity index (χ0n) is 10.0. The molecule has 1 saturated heterocycles. The molecule has 1 fully saturated rings. The zero-order valence-corrected chi connectivity index (χ0v) is 10.8. The molecule has 1 heterocycles. The smallest absolute Gasteiger partial charge is 0.279 e. The highest BCUT2D eigenvalue weighted by atomic mass is 32.2. The average Bonchev–Trinajstić information content (AvgIpc) is 2.14. The molecule has 2 atom stereocenters. The molecule has 0 radical (unpaired) electrons. The Balaban J connectivity index is 2.71. The monoisotopic (exact) mass is 251 g/mol. The van der Waals surface area contributed by atoms with E-state index in [9.17, 15) is 8.42 Å². The second kappa shape index (κ2) is 5.42. The summed E-state index contributed by atoms with van der Waals surface area (Å²) in [5.74, 6) is 0. The molecule has 0 saturated carbocycles. The summed E-state index contributed by atoms with van der Waals surface area (Å²) >= 11 is 0. The lowest BCUT2D eigenvalue weighted by Crippen LogP contribution is -2.55. The van der Waals surface area contributed by atoms with Crippen molar-refractivity contribution in [1.29, 1.82) is 0 Å². The third-order valence-electron chi connectivity index (χ3n) is 2.28. The minimum absolute atomic E-state index is 0.112. The maximum atomic E-state index is 11.9. The first-order chi connectivity index (χ1) is 7.35. The Kier molecular flexibility index (Phi) is 4.69. The number of nitrogens with one attached hydrogen (secondary N) is 1. The number of rotatable bonds is 4. The van der Waals surface area contributed by atoms with Gasteiger partial charge in [-0.15, -0.1) is 0 Å². The molecule has 16 heavy (non-hydrogen) atoms. The second-order valence-corrected chi connectivity index (χ2v) is 6.10. The first-order valence-corrected chi connectivity index (χ1v) is 6.92. The molecule has 0 spiro atoms. The predicted molar refractivity (Wildman–Crippen MR) is 62.2 cm³/mol. The summed E-state index contributed by atoms with van der Waals surface area (Å²) in [5, 5.41) is 0. The van der Waals surface area contributed by atoms with Crippen molar-refractivity contribution in [2.75, 3.05) is 19.6 Å². The minimum atomic E-state index is -3.41. The summed E-state index contributed by atoms with van der Waals surface area (Å²) in [6, 6.07) is -0.112. The van der Waals surface area contributed by atoms with Crippen molar-refractivity contribution >= 4 is 10.2 Å². The number of ether oxygens (including phenoxy) is 1. The first-order valence-electron chi connectivity index (χ1n) is 5.48. The van der Waals surface area contributed by atoms with Crippen LogP contribution in [0.1, 0.15) is 20.8 Å². The van der Waals surface area contributed by atoms with Crippen molar-refractivity contribution in [2.24, 2.45) is 5.73 Å². The van der Waals surface area contributed by atoms with Crippen LogP contribution in [0.3, 0.4) is 0 Å². The SMILES string of the molecule is CC(C)NS(=O)(=O)N1CC(C)OC(CN)C1. The van der Waals surface area contributed by atoms with E-state index in [0.717, 1.165) is 0 Å². The van der Waals surface area contributed by atoms with E-state index >= 15 is 0 Å². The summed E-state index contributed by atoms with van der Waals surface area (Å²) < 4.78 is 33.3. The summed E-state index contributed by atoms with van der Waals surface area (Å²) in [7, 11) is -3.41. The quantitative estimate of drug-likeness (QED) is 0.690. The van der Waals surface area contributed by atoms with E-state index < -0.39 is 10.2 Å². The van der Waals surface area contributed by atoms with Crippen molar-refractivity contribution in [1.82, 2.24) is 9.03 Å². The zero-order chi connectivity index (χ0) is 12.3. The molecular weight excluding hydrogens is 230 g/mol. The van der Waals surface area contributed by atoms with Crippen LogP contribution in [-0.4, -0.2) is 50.6 Å². The van der Waals surface area contributed by atoms with Gasteiger partial charge in [-0.1, -0.05) is 0 Å². The molecule has 0 bridgehead atoms. The van der Waals surface area contributed by atoms with Crippen molar-refractivity contribution in [2.45, 2.75) is 39.0 Å². The van der Waals surface area contributed by atoms with Gasteiger partial charge < -0.3 is 10.5 Å². The highest BCUT2D eigenvalue weighted by Gasteiger charge is 2.32. The number of morpholine rings is 1.